The van der Waals surface area contributed by atoms with Crippen molar-refractivity contribution in [2.75, 3.05) is 18.1 Å². The predicted octanol–water partition coefficient (Wildman–Crippen LogP) is 2.34. The molecule has 0 spiro atoms. The summed E-state index contributed by atoms with van der Waals surface area (Å²) in [5, 5.41) is 27.6. The van der Waals surface area contributed by atoms with Gasteiger partial charge in [-0.1, -0.05) is 12.1 Å². The second kappa shape index (κ2) is 8.48. The second-order valence-corrected chi connectivity index (χ2v) is 5.18. The molecule has 7 nitrogen and oxygen atoms in total. The molecule has 26 heavy (non-hydrogen) atoms. The third kappa shape index (κ3) is 4.48. The zero-order valence-electron chi connectivity index (χ0n) is 13.6. The van der Waals surface area contributed by atoms with Crippen LogP contribution in [0.15, 0.2) is 42.5 Å². The Bertz CT molecular complexity index is 863. The fraction of sp³-hybridized carbons (Fsp3) is 0.167. The lowest BCUT2D eigenvalue weighted by atomic mass is 10.2. The number of ether oxygens (including phenoxy) is 1. The first-order chi connectivity index (χ1) is 12.4. The van der Waals surface area contributed by atoms with E-state index in [4.69, 9.17) is 10.00 Å². The molecule has 0 heterocycles. The number of esters is 1. The van der Waals surface area contributed by atoms with Crippen molar-refractivity contribution in [1.82, 2.24) is 0 Å². The number of phenols is 2. The second-order valence-electron chi connectivity index (χ2n) is 5.18. The van der Waals surface area contributed by atoms with Gasteiger partial charge in [-0.15, -0.1) is 0 Å². The maximum atomic E-state index is 13.9. The number of para-hydroxylation sites is 1. The fourth-order valence-corrected chi connectivity index (χ4v) is 2.19. The fourth-order valence-electron chi connectivity index (χ4n) is 2.19. The number of halogens is 1. The summed E-state index contributed by atoms with van der Waals surface area (Å²) in [5.74, 6) is -3.10. The lowest BCUT2D eigenvalue weighted by Gasteiger charge is -2.22. The molecule has 0 saturated heterocycles. The van der Waals surface area contributed by atoms with Gasteiger partial charge in [0, 0.05) is 12.6 Å². The molecule has 0 unspecified atom stereocenters. The first kappa shape index (κ1) is 18.7. The Morgan fingerprint density at radius 2 is 1.92 bits per heavy atom. The Morgan fingerprint density at radius 3 is 2.58 bits per heavy atom. The molecule has 2 N–H and O–H groups in total. The van der Waals surface area contributed by atoms with Crippen molar-refractivity contribution in [3.63, 3.8) is 0 Å². The van der Waals surface area contributed by atoms with Crippen LogP contribution in [-0.2, 0) is 9.53 Å². The van der Waals surface area contributed by atoms with Gasteiger partial charge in [-0.3, -0.25) is 4.79 Å². The molecule has 0 saturated carbocycles. The molecule has 0 atom stereocenters. The van der Waals surface area contributed by atoms with Crippen molar-refractivity contribution < 1.29 is 28.9 Å². The van der Waals surface area contributed by atoms with E-state index in [-0.39, 0.29) is 30.0 Å². The SMILES string of the molecule is N#CCCN(C(=O)COC(=O)c1ccc(O)cc1O)c1ccccc1F. The van der Waals surface area contributed by atoms with E-state index in [0.29, 0.717) is 0 Å². The number of benzene rings is 2. The maximum Gasteiger partial charge on any atom is 0.342 e. The number of hydrogen-bond donors (Lipinski definition) is 2. The van der Waals surface area contributed by atoms with E-state index >= 15 is 0 Å². The number of rotatable bonds is 6. The summed E-state index contributed by atoms with van der Waals surface area (Å²) in [6, 6.07) is 10.7. The Kier molecular flexibility index (Phi) is 6.11. The molecule has 0 bridgehead atoms. The molecule has 2 rings (SSSR count). The van der Waals surface area contributed by atoms with Crippen molar-refractivity contribution in [2.45, 2.75) is 6.42 Å². The van der Waals surface area contributed by atoms with Crippen LogP contribution in [0.1, 0.15) is 16.8 Å². The van der Waals surface area contributed by atoms with E-state index in [0.717, 1.165) is 17.0 Å². The van der Waals surface area contributed by atoms with Crippen LogP contribution in [0.3, 0.4) is 0 Å². The first-order valence-corrected chi connectivity index (χ1v) is 7.55. The summed E-state index contributed by atoms with van der Waals surface area (Å²) in [7, 11) is 0. The van der Waals surface area contributed by atoms with Gasteiger partial charge in [0.2, 0.25) is 0 Å². The highest BCUT2D eigenvalue weighted by Crippen LogP contribution is 2.23. The molecule has 0 aliphatic heterocycles. The van der Waals surface area contributed by atoms with Crippen LogP contribution in [-0.4, -0.2) is 35.2 Å². The highest BCUT2D eigenvalue weighted by molar-refractivity contribution is 5.98. The van der Waals surface area contributed by atoms with Crippen molar-refractivity contribution >= 4 is 17.6 Å². The number of carbonyl (C=O) groups is 2. The van der Waals surface area contributed by atoms with E-state index in [2.05, 4.69) is 0 Å². The van der Waals surface area contributed by atoms with E-state index in [1.165, 1.54) is 30.3 Å². The smallest absolute Gasteiger partial charge is 0.342 e. The van der Waals surface area contributed by atoms with Crippen molar-refractivity contribution in [1.29, 1.82) is 5.26 Å². The van der Waals surface area contributed by atoms with Gasteiger partial charge in [-0.2, -0.15) is 5.26 Å². The van der Waals surface area contributed by atoms with Crippen LogP contribution in [0, 0.1) is 17.1 Å². The highest BCUT2D eigenvalue weighted by Gasteiger charge is 2.21. The largest absolute Gasteiger partial charge is 0.508 e. The summed E-state index contributed by atoms with van der Waals surface area (Å²) in [5.41, 5.74) is -0.263. The number of anilines is 1. The number of phenolic OH excluding ortho intramolecular Hbond substituents is 2. The standard InChI is InChI=1S/C18H15FN2O5/c19-14-4-1-2-5-15(14)21(9-3-8-20)17(24)11-26-18(25)13-7-6-12(22)10-16(13)23/h1-2,4-7,10,22-23H,3,9,11H2. The van der Waals surface area contributed by atoms with Crippen LogP contribution in [0.2, 0.25) is 0 Å². The predicted molar refractivity (Wildman–Crippen MR) is 89.0 cm³/mol. The molecule has 0 fully saturated rings. The molecule has 0 radical (unpaired) electrons. The van der Waals surface area contributed by atoms with Gasteiger partial charge in [0.1, 0.15) is 22.9 Å². The van der Waals surface area contributed by atoms with Crippen molar-refractivity contribution in [2.24, 2.45) is 0 Å². The van der Waals surface area contributed by atoms with Crippen LogP contribution < -0.4 is 4.90 Å². The molecule has 8 heteroatoms. The number of nitrogens with zero attached hydrogens (tertiary/aromatic N) is 2. The zero-order valence-corrected chi connectivity index (χ0v) is 13.6. The molecular formula is C18H15FN2O5. The summed E-state index contributed by atoms with van der Waals surface area (Å²) in [6.45, 7) is -0.781. The molecule has 1 amide bonds. The highest BCUT2D eigenvalue weighted by atomic mass is 19.1. The normalized spacial score (nSPS) is 10.0. The Balaban J connectivity index is 2.11. The quantitative estimate of drug-likeness (QED) is 0.767. The van der Waals surface area contributed by atoms with Gasteiger partial charge in [-0.25, -0.2) is 9.18 Å². The van der Waals surface area contributed by atoms with E-state index < -0.39 is 30.1 Å². The average Bonchev–Trinajstić information content (AvgIpc) is 2.61. The lowest BCUT2D eigenvalue weighted by molar-refractivity contribution is -0.121. The van der Waals surface area contributed by atoms with Gasteiger partial charge in [0.05, 0.1) is 18.2 Å². The summed E-state index contributed by atoms with van der Waals surface area (Å²) < 4.78 is 18.8. The number of amides is 1. The van der Waals surface area contributed by atoms with Gasteiger partial charge < -0.3 is 19.8 Å². The van der Waals surface area contributed by atoms with Crippen molar-refractivity contribution in [3.05, 3.63) is 53.8 Å². The Hall–Kier alpha value is -3.60. The average molecular weight is 358 g/mol. The minimum atomic E-state index is -0.982. The molecular weight excluding hydrogens is 343 g/mol. The molecule has 0 aliphatic carbocycles. The molecule has 2 aromatic carbocycles. The lowest BCUT2D eigenvalue weighted by Crippen LogP contribution is -2.36. The topological polar surface area (TPSA) is 111 Å². The number of carbonyl (C=O) groups excluding carboxylic acids is 2. The summed E-state index contributed by atoms with van der Waals surface area (Å²) in [6.07, 6.45) is -0.0349. The van der Waals surface area contributed by atoms with Gasteiger partial charge in [-0.05, 0) is 24.3 Å². The van der Waals surface area contributed by atoms with Crippen LogP contribution in [0.25, 0.3) is 0 Å². The van der Waals surface area contributed by atoms with E-state index in [9.17, 15) is 24.2 Å². The Morgan fingerprint density at radius 1 is 1.19 bits per heavy atom. The minimum absolute atomic E-state index is 0.0312. The third-order valence-electron chi connectivity index (χ3n) is 3.42. The minimum Gasteiger partial charge on any atom is -0.508 e. The van der Waals surface area contributed by atoms with Crippen LogP contribution in [0.5, 0.6) is 11.5 Å². The van der Waals surface area contributed by atoms with E-state index in [1.807, 2.05) is 6.07 Å². The van der Waals surface area contributed by atoms with Crippen molar-refractivity contribution in [3.8, 4) is 17.6 Å². The molecule has 0 aliphatic rings. The summed E-state index contributed by atoms with van der Waals surface area (Å²) in [4.78, 5) is 25.3. The third-order valence-corrected chi connectivity index (χ3v) is 3.42. The van der Waals surface area contributed by atoms with Crippen LogP contribution >= 0.6 is 0 Å². The number of hydrogen-bond acceptors (Lipinski definition) is 6. The zero-order chi connectivity index (χ0) is 19.1. The maximum absolute atomic E-state index is 13.9. The van der Waals surface area contributed by atoms with Gasteiger partial charge in [0.15, 0.2) is 6.61 Å². The Labute approximate surface area is 148 Å². The first-order valence-electron chi connectivity index (χ1n) is 7.55. The number of aromatic hydroxyl groups is 2. The van der Waals surface area contributed by atoms with E-state index in [1.54, 1.807) is 0 Å². The van der Waals surface area contributed by atoms with Gasteiger partial charge in [0.25, 0.3) is 5.91 Å². The number of nitriles is 1. The van der Waals surface area contributed by atoms with Crippen LogP contribution in [0.4, 0.5) is 10.1 Å². The molecule has 2 aromatic rings. The molecule has 134 valence electrons. The monoisotopic (exact) mass is 358 g/mol. The van der Waals surface area contributed by atoms with Gasteiger partial charge >= 0.3 is 5.97 Å². The summed E-state index contributed by atoms with van der Waals surface area (Å²) >= 11 is 0. The molecule has 0 aromatic heterocycles.